The van der Waals surface area contributed by atoms with Gasteiger partial charge in [0.15, 0.2) is 5.58 Å². The Morgan fingerprint density at radius 3 is 2.92 bits per heavy atom. The molecular weight excluding hydrogens is 333 g/mol. The molecule has 26 heavy (non-hydrogen) atoms. The zero-order chi connectivity index (χ0) is 18.1. The second-order valence-electron chi connectivity index (χ2n) is 6.04. The number of aromatic nitrogens is 2. The number of furan rings is 1. The van der Waals surface area contributed by atoms with E-state index in [9.17, 15) is 9.18 Å². The molecule has 0 bridgehead atoms. The molecule has 0 aliphatic rings. The van der Waals surface area contributed by atoms with E-state index in [0.29, 0.717) is 23.6 Å². The van der Waals surface area contributed by atoms with Gasteiger partial charge in [-0.2, -0.15) is 0 Å². The van der Waals surface area contributed by atoms with Crippen molar-refractivity contribution in [3.63, 3.8) is 0 Å². The van der Waals surface area contributed by atoms with Crippen molar-refractivity contribution >= 4 is 22.8 Å². The molecule has 4 aromatic rings. The summed E-state index contributed by atoms with van der Waals surface area (Å²) in [5, 5.41) is 2.83. The fourth-order valence-electron chi connectivity index (χ4n) is 2.94. The van der Waals surface area contributed by atoms with Crippen molar-refractivity contribution in [3.8, 4) is 0 Å². The summed E-state index contributed by atoms with van der Waals surface area (Å²) in [5.74, 6) is -0.101. The smallest absolute Gasteiger partial charge is 0.273 e. The molecule has 5 nitrogen and oxygen atoms in total. The molecule has 0 radical (unpaired) electrons. The molecule has 130 valence electrons. The largest absolute Gasteiger partial charge is 0.463 e. The van der Waals surface area contributed by atoms with Gasteiger partial charge in [0.05, 0.1) is 11.8 Å². The van der Waals surface area contributed by atoms with Gasteiger partial charge in [-0.1, -0.05) is 18.2 Å². The van der Waals surface area contributed by atoms with E-state index in [4.69, 9.17) is 4.42 Å². The SMILES string of the molecule is Cc1cccnc1NC(=O)c1cc2occc2n1Cc1cccc(F)c1. The monoisotopic (exact) mass is 349 g/mol. The summed E-state index contributed by atoms with van der Waals surface area (Å²) in [5.41, 5.74) is 3.43. The van der Waals surface area contributed by atoms with E-state index < -0.39 is 0 Å². The van der Waals surface area contributed by atoms with Crippen molar-refractivity contribution in [2.24, 2.45) is 0 Å². The van der Waals surface area contributed by atoms with Crippen LogP contribution < -0.4 is 5.32 Å². The number of rotatable bonds is 4. The minimum absolute atomic E-state index is 0.297. The Hall–Kier alpha value is -3.41. The van der Waals surface area contributed by atoms with E-state index in [1.807, 2.05) is 25.1 Å². The molecule has 0 aliphatic heterocycles. The maximum Gasteiger partial charge on any atom is 0.273 e. The van der Waals surface area contributed by atoms with E-state index >= 15 is 0 Å². The summed E-state index contributed by atoms with van der Waals surface area (Å²) in [6, 6.07) is 13.5. The number of hydrogen-bond acceptors (Lipinski definition) is 3. The van der Waals surface area contributed by atoms with Gasteiger partial charge in [-0.3, -0.25) is 4.79 Å². The molecule has 3 heterocycles. The zero-order valence-electron chi connectivity index (χ0n) is 14.1. The quantitative estimate of drug-likeness (QED) is 0.595. The van der Waals surface area contributed by atoms with Crippen molar-refractivity contribution in [3.05, 3.63) is 83.6 Å². The van der Waals surface area contributed by atoms with Gasteiger partial charge in [0.25, 0.3) is 5.91 Å². The molecule has 6 heteroatoms. The lowest BCUT2D eigenvalue weighted by Gasteiger charge is -2.11. The van der Waals surface area contributed by atoms with Gasteiger partial charge in [0, 0.05) is 24.9 Å². The summed E-state index contributed by atoms with van der Waals surface area (Å²) in [6.45, 7) is 2.23. The molecule has 3 aromatic heterocycles. The lowest BCUT2D eigenvalue weighted by molar-refractivity contribution is 0.101. The van der Waals surface area contributed by atoms with E-state index in [1.54, 1.807) is 35.2 Å². The Morgan fingerprint density at radius 2 is 2.12 bits per heavy atom. The highest BCUT2D eigenvalue weighted by Gasteiger charge is 2.19. The summed E-state index contributed by atoms with van der Waals surface area (Å²) in [6.07, 6.45) is 3.19. The number of pyridine rings is 1. The van der Waals surface area contributed by atoms with Gasteiger partial charge in [-0.15, -0.1) is 0 Å². The molecule has 0 saturated heterocycles. The van der Waals surface area contributed by atoms with E-state index in [0.717, 1.165) is 16.6 Å². The van der Waals surface area contributed by atoms with Crippen LogP contribution in [0.25, 0.3) is 11.1 Å². The predicted molar refractivity (Wildman–Crippen MR) is 96.6 cm³/mol. The Bertz CT molecular complexity index is 1100. The van der Waals surface area contributed by atoms with Crippen molar-refractivity contribution in [2.75, 3.05) is 5.32 Å². The van der Waals surface area contributed by atoms with E-state index in [-0.39, 0.29) is 11.7 Å². The first kappa shape index (κ1) is 16.1. The van der Waals surface area contributed by atoms with Crippen LogP contribution in [0, 0.1) is 12.7 Å². The van der Waals surface area contributed by atoms with Gasteiger partial charge in [-0.05, 0) is 36.2 Å². The first-order valence-corrected chi connectivity index (χ1v) is 8.16. The predicted octanol–water partition coefficient (Wildman–Crippen LogP) is 4.38. The summed E-state index contributed by atoms with van der Waals surface area (Å²) < 4.78 is 20.8. The standard InChI is InChI=1S/C20H16FN3O2/c1-13-4-3-8-22-19(13)23-20(25)17-11-18-16(7-9-26-18)24(17)12-14-5-2-6-15(21)10-14/h2-11H,12H2,1H3,(H,22,23,25). The van der Waals surface area contributed by atoms with E-state index in [1.165, 1.54) is 12.1 Å². The van der Waals surface area contributed by atoms with Crippen molar-refractivity contribution < 1.29 is 13.6 Å². The molecule has 1 N–H and O–H groups in total. The van der Waals surface area contributed by atoms with Gasteiger partial charge < -0.3 is 14.3 Å². The lowest BCUT2D eigenvalue weighted by Crippen LogP contribution is -2.18. The van der Waals surface area contributed by atoms with Crippen molar-refractivity contribution in [1.82, 2.24) is 9.55 Å². The third kappa shape index (κ3) is 2.97. The minimum atomic E-state index is -0.312. The van der Waals surface area contributed by atoms with Crippen LogP contribution in [0.15, 0.2) is 65.4 Å². The topological polar surface area (TPSA) is 60.1 Å². The van der Waals surface area contributed by atoms with Crippen molar-refractivity contribution in [2.45, 2.75) is 13.5 Å². The van der Waals surface area contributed by atoms with Crippen LogP contribution in [-0.4, -0.2) is 15.5 Å². The molecule has 0 unspecified atom stereocenters. The second-order valence-corrected chi connectivity index (χ2v) is 6.04. The van der Waals surface area contributed by atoms with Crippen LogP contribution in [0.5, 0.6) is 0 Å². The molecule has 0 atom stereocenters. The lowest BCUT2D eigenvalue weighted by atomic mass is 10.2. The average molecular weight is 349 g/mol. The highest BCUT2D eigenvalue weighted by molar-refractivity contribution is 6.05. The van der Waals surface area contributed by atoms with Gasteiger partial charge in [0.2, 0.25) is 0 Å². The number of anilines is 1. The van der Waals surface area contributed by atoms with Crippen LogP contribution in [0.1, 0.15) is 21.6 Å². The molecule has 0 aliphatic carbocycles. The molecular formula is C20H16FN3O2. The minimum Gasteiger partial charge on any atom is -0.463 e. The molecule has 4 rings (SSSR count). The van der Waals surface area contributed by atoms with Gasteiger partial charge in [0.1, 0.15) is 17.3 Å². The second kappa shape index (κ2) is 6.48. The number of carbonyl (C=O) groups excluding carboxylic acids is 1. The Balaban J connectivity index is 1.72. The first-order chi connectivity index (χ1) is 12.6. The molecule has 0 saturated carbocycles. The molecule has 1 amide bonds. The van der Waals surface area contributed by atoms with Crippen LogP contribution in [0.2, 0.25) is 0 Å². The summed E-state index contributed by atoms with van der Waals surface area (Å²) in [4.78, 5) is 17.0. The Labute approximate surface area is 149 Å². The highest BCUT2D eigenvalue weighted by Crippen LogP contribution is 2.24. The first-order valence-electron chi connectivity index (χ1n) is 8.16. The van der Waals surface area contributed by atoms with Crippen LogP contribution in [0.3, 0.4) is 0 Å². The maximum absolute atomic E-state index is 13.5. The highest BCUT2D eigenvalue weighted by atomic mass is 19.1. The zero-order valence-corrected chi connectivity index (χ0v) is 14.1. The molecule has 0 spiro atoms. The number of nitrogens with one attached hydrogen (secondary N) is 1. The van der Waals surface area contributed by atoms with Crippen LogP contribution >= 0.6 is 0 Å². The number of amides is 1. The van der Waals surface area contributed by atoms with Gasteiger partial charge >= 0.3 is 0 Å². The average Bonchev–Trinajstić information content (AvgIpc) is 3.20. The van der Waals surface area contributed by atoms with Crippen molar-refractivity contribution in [1.29, 1.82) is 0 Å². The summed E-state index contributed by atoms with van der Waals surface area (Å²) >= 11 is 0. The third-order valence-electron chi connectivity index (χ3n) is 4.23. The van der Waals surface area contributed by atoms with Crippen LogP contribution in [-0.2, 0) is 6.54 Å². The number of halogens is 1. The number of fused-ring (bicyclic) bond motifs is 1. The molecule has 0 fully saturated rings. The Morgan fingerprint density at radius 1 is 1.23 bits per heavy atom. The number of hydrogen-bond donors (Lipinski definition) is 1. The number of nitrogens with zero attached hydrogens (tertiary/aromatic N) is 2. The molecule has 1 aromatic carbocycles. The fraction of sp³-hybridized carbons (Fsp3) is 0.100. The fourth-order valence-corrected chi connectivity index (χ4v) is 2.94. The number of benzene rings is 1. The van der Waals surface area contributed by atoms with Gasteiger partial charge in [-0.25, -0.2) is 9.37 Å². The maximum atomic E-state index is 13.5. The summed E-state index contributed by atoms with van der Waals surface area (Å²) in [7, 11) is 0. The number of carbonyl (C=O) groups is 1. The number of aryl methyl sites for hydroxylation is 1. The third-order valence-corrected chi connectivity index (χ3v) is 4.23. The normalized spacial score (nSPS) is 11.0. The van der Waals surface area contributed by atoms with Crippen LogP contribution in [0.4, 0.5) is 10.2 Å². The van der Waals surface area contributed by atoms with E-state index in [2.05, 4.69) is 10.3 Å². The Kier molecular flexibility index (Phi) is 4.01.